The van der Waals surface area contributed by atoms with Gasteiger partial charge in [0.1, 0.15) is 5.82 Å². The van der Waals surface area contributed by atoms with Gasteiger partial charge in [0.15, 0.2) is 0 Å². The summed E-state index contributed by atoms with van der Waals surface area (Å²) in [5, 5.41) is 10.8. The Morgan fingerprint density at radius 1 is 1.15 bits per heavy atom. The van der Waals surface area contributed by atoms with Crippen LogP contribution in [0.15, 0.2) is 24.3 Å². The minimum atomic E-state index is -0.778. The second-order valence-corrected chi connectivity index (χ2v) is 6.87. The first-order valence-electron chi connectivity index (χ1n) is 7.43. The molecule has 0 spiro atoms. The van der Waals surface area contributed by atoms with Gasteiger partial charge in [0, 0.05) is 13.0 Å². The summed E-state index contributed by atoms with van der Waals surface area (Å²) in [7, 11) is 0. The summed E-state index contributed by atoms with van der Waals surface area (Å²) < 4.78 is 2.25. The molecule has 2 rings (SSSR count). The van der Waals surface area contributed by atoms with E-state index in [-0.39, 0.29) is 5.41 Å². The molecule has 0 saturated heterocycles. The highest BCUT2D eigenvalue weighted by molar-refractivity contribution is 5.75. The van der Waals surface area contributed by atoms with Gasteiger partial charge in [-0.25, -0.2) is 4.98 Å². The van der Waals surface area contributed by atoms with E-state index in [9.17, 15) is 5.11 Å². The van der Waals surface area contributed by atoms with Gasteiger partial charge in [-0.05, 0) is 30.9 Å². The number of aromatic nitrogens is 2. The van der Waals surface area contributed by atoms with Crippen LogP contribution in [-0.2, 0) is 13.0 Å². The lowest BCUT2D eigenvalue weighted by Gasteiger charge is -2.37. The van der Waals surface area contributed by atoms with Crippen LogP contribution in [0.2, 0.25) is 0 Å². The maximum Gasteiger partial charge on any atom is 0.112 e. The number of hydrogen-bond acceptors (Lipinski definition) is 2. The van der Waals surface area contributed by atoms with E-state index in [1.807, 2.05) is 25.1 Å². The third-order valence-corrected chi connectivity index (χ3v) is 4.30. The molecule has 1 heterocycles. The van der Waals surface area contributed by atoms with E-state index >= 15 is 0 Å². The van der Waals surface area contributed by atoms with E-state index in [1.54, 1.807) is 0 Å². The molecule has 0 radical (unpaired) electrons. The second kappa shape index (κ2) is 5.21. The Morgan fingerprint density at radius 2 is 1.80 bits per heavy atom. The predicted molar refractivity (Wildman–Crippen MR) is 83.8 cm³/mol. The van der Waals surface area contributed by atoms with Crippen molar-refractivity contribution in [2.75, 3.05) is 0 Å². The van der Waals surface area contributed by atoms with Crippen molar-refractivity contribution < 1.29 is 5.11 Å². The number of imidazole rings is 1. The van der Waals surface area contributed by atoms with Crippen LogP contribution < -0.4 is 0 Å². The summed E-state index contributed by atoms with van der Waals surface area (Å²) >= 11 is 0. The topological polar surface area (TPSA) is 38.0 Å². The monoisotopic (exact) mass is 274 g/mol. The van der Waals surface area contributed by atoms with Crippen molar-refractivity contribution in [3.8, 4) is 0 Å². The molecule has 3 heteroatoms. The van der Waals surface area contributed by atoms with Crippen LogP contribution >= 0.6 is 0 Å². The zero-order valence-electron chi connectivity index (χ0n) is 13.3. The Morgan fingerprint density at radius 3 is 2.40 bits per heavy atom. The molecular formula is C17H26N2O. The zero-order chi connectivity index (χ0) is 15.0. The minimum Gasteiger partial charge on any atom is -0.389 e. The molecule has 0 bridgehead atoms. The van der Waals surface area contributed by atoms with Crippen molar-refractivity contribution in [1.29, 1.82) is 0 Å². The molecule has 0 aliphatic heterocycles. The molecule has 1 unspecified atom stereocenters. The molecule has 110 valence electrons. The number of para-hydroxylation sites is 2. The van der Waals surface area contributed by atoms with Crippen LogP contribution in [0.1, 0.15) is 46.9 Å². The van der Waals surface area contributed by atoms with E-state index in [4.69, 9.17) is 4.98 Å². The zero-order valence-corrected chi connectivity index (χ0v) is 13.3. The van der Waals surface area contributed by atoms with Gasteiger partial charge < -0.3 is 9.67 Å². The summed E-state index contributed by atoms with van der Waals surface area (Å²) in [6, 6.07) is 8.20. The van der Waals surface area contributed by atoms with Gasteiger partial charge in [-0.15, -0.1) is 0 Å². The maximum absolute atomic E-state index is 10.8. The first kappa shape index (κ1) is 15.0. The molecule has 0 fully saturated rings. The van der Waals surface area contributed by atoms with Gasteiger partial charge in [-0.3, -0.25) is 0 Å². The molecule has 1 N–H and O–H groups in total. The highest BCUT2D eigenvalue weighted by Gasteiger charge is 2.36. The molecular weight excluding hydrogens is 248 g/mol. The molecule has 20 heavy (non-hydrogen) atoms. The first-order valence-corrected chi connectivity index (χ1v) is 7.43. The fraction of sp³-hybridized carbons (Fsp3) is 0.588. The number of rotatable bonds is 4. The highest BCUT2D eigenvalue weighted by atomic mass is 16.3. The Hall–Kier alpha value is -1.35. The van der Waals surface area contributed by atoms with Crippen LogP contribution in [0.5, 0.6) is 0 Å². The van der Waals surface area contributed by atoms with Crippen LogP contribution in [0.4, 0.5) is 0 Å². The third-order valence-electron chi connectivity index (χ3n) is 4.30. The van der Waals surface area contributed by atoms with E-state index in [1.165, 1.54) is 0 Å². The first-order chi connectivity index (χ1) is 9.26. The van der Waals surface area contributed by atoms with Crippen molar-refractivity contribution in [2.45, 2.75) is 59.6 Å². The number of aryl methyl sites for hydroxylation is 1. The number of benzene rings is 1. The minimum absolute atomic E-state index is 0.178. The average Bonchev–Trinajstić information content (AvgIpc) is 2.66. The molecule has 0 aliphatic rings. The number of fused-ring (bicyclic) bond motifs is 1. The summed E-state index contributed by atoms with van der Waals surface area (Å²) in [6.45, 7) is 11.2. The van der Waals surface area contributed by atoms with Crippen LogP contribution in [-0.4, -0.2) is 20.3 Å². The summed E-state index contributed by atoms with van der Waals surface area (Å²) in [5.74, 6) is 0.980. The van der Waals surface area contributed by atoms with Gasteiger partial charge in [0.05, 0.1) is 16.6 Å². The van der Waals surface area contributed by atoms with Crippen molar-refractivity contribution in [3.05, 3.63) is 30.1 Å². The predicted octanol–water partition coefficient (Wildman–Crippen LogP) is 3.79. The van der Waals surface area contributed by atoms with Gasteiger partial charge in [0.25, 0.3) is 0 Å². The van der Waals surface area contributed by atoms with Crippen LogP contribution in [0.25, 0.3) is 11.0 Å². The molecule has 3 nitrogen and oxygen atoms in total. The van der Waals surface area contributed by atoms with Crippen LogP contribution in [0, 0.1) is 5.41 Å². The molecule has 1 atom stereocenters. The van der Waals surface area contributed by atoms with Gasteiger partial charge in [0.2, 0.25) is 0 Å². The fourth-order valence-corrected chi connectivity index (χ4v) is 2.31. The number of aliphatic hydroxyl groups is 1. The van der Waals surface area contributed by atoms with Crippen molar-refractivity contribution >= 4 is 11.0 Å². The number of hydrogen-bond donors (Lipinski definition) is 1. The molecule has 1 aromatic carbocycles. The largest absolute Gasteiger partial charge is 0.389 e. The molecule has 1 aromatic heterocycles. The van der Waals surface area contributed by atoms with Crippen molar-refractivity contribution in [3.63, 3.8) is 0 Å². The fourth-order valence-electron chi connectivity index (χ4n) is 2.31. The van der Waals surface area contributed by atoms with E-state index in [0.29, 0.717) is 6.42 Å². The smallest absolute Gasteiger partial charge is 0.112 e. The molecule has 0 aliphatic carbocycles. The van der Waals surface area contributed by atoms with Crippen molar-refractivity contribution in [1.82, 2.24) is 9.55 Å². The lowest BCUT2D eigenvalue weighted by Crippen LogP contribution is -2.42. The lowest BCUT2D eigenvalue weighted by molar-refractivity contribution is -0.0425. The Kier molecular flexibility index (Phi) is 3.92. The SMILES string of the molecule is CCCn1c(CC(C)(O)C(C)(C)C)nc2ccccc21. The maximum atomic E-state index is 10.8. The van der Waals surface area contributed by atoms with Crippen molar-refractivity contribution in [2.24, 2.45) is 5.41 Å². The Balaban J connectivity index is 2.46. The highest BCUT2D eigenvalue weighted by Crippen LogP contribution is 2.33. The van der Waals surface area contributed by atoms with Gasteiger partial charge in [-0.1, -0.05) is 39.8 Å². The summed E-state index contributed by atoms with van der Waals surface area (Å²) in [4.78, 5) is 4.73. The Labute approximate surface area is 121 Å². The third kappa shape index (κ3) is 2.73. The number of nitrogens with zero attached hydrogens (tertiary/aromatic N) is 2. The van der Waals surface area contributed by atoms with E-state index in [0.717, 1.165) is 29.8 Å². The molecule has 2 aromatic rings. The van der Waals surface area contributed by atoms with Gasteiger partial charge >= 0.3 is 0 Å². The standard InChI is InChI=1S/C17H26N2O/c1-6-11-19-14-10-8-7-9-13(14)18-15(19)12-17(5,20)16(2,3)4/h7-10,20H,6,11-12H2,1-5H3. The van der Waals surface area contributed by atoms with Gasteiger partial charge in [-0.2, -0.15) is 0 Å². The lowest BCUT2D eigenvalue weighted by atomic mass is 9.75. The quantitative estimate of drug-likeness (QED) is 0.921. The summed E-state index contributed by atoms with van der Waals surface area (Å²) in [6.07, 6.45) is 1.64. The Bertz CT molecular complexity index is 591. The van der Waals surface area contributed by atoms with E-state index in [2.05, 4.69) is 38.3 Å². The molecule has 0 saturated carbocycles. The van der Waals surface area contributed by atoms with E-state index < -0.39 is 5.60 Å². The molecule has 0 amide bonds. The summed E-state index contributed by atoms with van der Waals surface area (Å²) in [5.41, 5.74) is 1.22. The second-order valence-electron chi connectivity index (χ2n) is 6.87. The normalized spacial score (nSPS) is 15.5. The van der Waals surface area contributed by atoms with Crippen LogP contribution in [0.3, 0.4) is 0 Å². The average molecular weight is 274 g/mol.